The molecule has 3 N–H and O–H groups in total. The summed E-state index contributed by atoms with van der Waals surface area (Å²) in [4.78, 5) is 28.7. The molecule has 2 amide bonds. The normalized spacial score (nSPS) is 15.6. The SMILES string of the molecule is CNC1=C(C(=O)NCCCCNC(C)=O)CCC(Cc2ccc(Cl)cc2)C(Oc2cccc(OC(F)(F)F)c2)=N1. The van der Waals surface area contributed by atoms with Gasteiger partial charge in [-0.1, -0.05) is 29.8 Å². The summed E-state index contributed by atoms with van der Waals surface area (Å²) in [5.41, 5.74) is 1.40. The van der Waals surface area contributed by atoms with Gasteiger partial charge in [-0.2, -0.15) is 4.99 Å². The Morgan fingerprint density at radius 1 is 1.05 bits per heavy atom. The second-order valence-corrected chi connectivity index (χ2v) is 9.60. The number of amides is 2. The first-order valence-electron chi connectivity index (χ1n) is 12.8. The van der Waals surface area contributed by atoms with E-state index < -0.39 is 12.1 Å². The van der Waals surface area contributed by atoms with Crippen molar-refractivity contribution in [3.8, 4) is 11.5 Å². The number of aliphatic imine (C=N–C) groups is 1. The molecule has 2 aromatic carbocycles. The predicted octanol–water partition coefficient (Wildman–Crippen LogP) is 5.13. The molecular formula is C28H32ClF3N4O4. The fourth-order valence-corrected chi connectivity index (χ4v) is 4.26. The third-order valence-corrected chi connectivity index (χ3v) is 6.28. The van der Waals surface area contributed by atoms with Gasteiger partial charge in [-0.05, 0) is 61.9 Å². The standard InChI is InChI=1S/C28H32ClF3N4O4/c1-18(37)34-14-3-4-15-35-26(38)24-13-10-20(16-19-8-11-21(29)12-9-19)27(36-25(24)33-2)39-22-6-5-7-23(17-22)40-28(30,31)32/h5-9,11-12,17,20,33H,3-4,10,13-16H2,1-2H3,(H,34,37)(H,35,38). The zero-order valence-corrected chi connectivity index (χ0v) is 23.0. The largest absolute Gasteiger partial charge is 0.573 e. The van der Waals surface area contributed by atoms with Crippen molar-refractivity contribution in [2.45, 2.75) is 45.4 Å². The van der Waals surface area contributed by atoms with Gasteiger partial charge in [0.2, 0.25) is 5.91 Å². The quantitative estimate of drug-likeness (QED) is 0.320. The predicted molar refractivity (Wildman–Crippen MR) is 146 cm³/mol. The number of nitrogens with zero attached hydrogens (tertiary/aromatic N) is 1. The lowest BCUT2D eigenvalue weighted by Crippen LogP contribution is -2.29. The van der Waals surface area contributed by atoms with Gasteiger partial charge in [-0.15, -0.1) is 13.2 Å². The molecule has 40 heavy (non-hydrogen) atoms. The number of unbranched alkanes of at least 4 members (excludes halogenated alkanes) is 1. The minimum absolute atomic E-state index is 0.102. The van der Waals surface area contributed by atoms with E-state index in [0.29, 0.717) is 61.6 Å². The maximum Gasteiger partial charge on any atom is 0.573 e. The molecule has 1 aliphatic rings. The van der Waals surface area contributed by atoms with Crippen molar-refractivity contribution in [2.24, 2.45) is 10.9 Å². The Morgan fingerprint density at radius 3 is 2.38 bits per heavy atom. The van der Waals surface area contributed by atoms with Gasteiger partial charge in [-0.25, -0.2) is 0 Å². The van der Waals surface area contributed by atoms with Crippen LogP contribution >= 0.6 is 11.6 Å². The van der Waals surface area contributed by atoms with E-state index in [2.05, 4.69) is 25.7 Å². The van der Waals surface area contributed by atoms with Crippen molar-refractivity contribution in [2.75, 3.05) is 20.1 Å². The second-order valence-electron chi connectivity index (χ2n) is 9.16. The van der Waals surface area contributed by atoms with Gasteiger partial charge in [0.05, 0.1) is 5.57 Å². The minimum Gasteiger partial charge on any atom is -0.442 e. The van der Waals surface area contributed by atoms with Gasteiger partial charge >= 0.3 is 6.36 Å². The Kier molecular flexibility index (Phi) is 11.2. The number of halogens is 4. The molecule has 0 saturated heterocycles. The third-order valence-electron chi connectivity index (χ3n) is 6.03. The number of hydrogen-bond acceptors (Lipinski definition) is 6. The van der Waals surface area contributed by atoms with Crippen LogP contribution in [0, 0.1) is 5.92 Å². The molecule has 0 bridgehead atoms. The van der Waals surface area contributed by atoms with Crippen LogP contribution in [0.15, 0.2) is 64.9 Å². The smallest absolute Gasteiger partial charge is 0.442 e. The van der Waals surface area contributed by atoms with Gasteiger partial charge in [-0.3, -0.25) is 9.59 Å². The highest BCUT2D eigenvalue weighted by Crippen LogP contribution is 2.30. The summed E-state index contributed by atoms with van der Waals surface area (Å²) >= 11 is 6.03. The van der Waals surface area contributed by atoms with Crippen molar-refractivity contribution >= 4 is 29.3 Å². The van der Waals surface area contributed by atoms with Crippen LogP contribution in [0.1, 0.15) is 38.2 Å². The maximum atomic E-state index is 13.1. The van der Waals surface area contributed by atoms with Gasteiger partial charge < -0.3 is 25.4 Å². The molecule has 0 aromatic heterocycles. The van der Waals surface area contributed by atoms with E-state index >= 15 is 0 Å². The molecule has 1 atom stereocenters. The first-order valence-corrected chi connectivity index (χ1v) is 13.2. The molecule has 3 rings (SSSR count). The topological polar surface area (TPSA) is 101 Å². The number of carbonyl (C=O) groups is 2. The summed E-state index contributed by atoms with van der Waals surface area (Å²) in [6, 6.07) is 12.5. The average molecular weight is 581 g/mol. The van der Waals surface area contributed by atoms with E-state index in [-0.39, 0.29) is 29.4 Å². The zero-order chi connectivity index (χ0) is 29.1. The molecule has 1 aliphatic heterocycles. The van der Waals surface area contributed by atoms with E-state index in [1.165, 1.54) is 25.1 Å². The van der Waals surface area contributed by atoms with E-state index in [0.717, 1.165) is 11.6 Å². The number of benzene rings is 2. The van der Waals surface area contributed by atoms with E-state index in [4.69, 9.17) is 16.3 Å². The molecule has 0 radical (unpaired) electrons. The first-order chi connectivity index (χ1) is 19.0. The molecule has 0 aliphatic carbocycles. The second kappa shape index (κ2) is 14.6. The molecule has 0 fully saturated rings. The number of nitrogens with one attached hydrogen (secondary N) is 3. The van der Waals surface area contributed by atoms with Crippen LogP contribution in [0.3, 0.4) is 0 Å². The molecule has 0 saturated carbocycles. The highest BCUT2D eigenvalue weighted by Gasteiger charge is 2.31. The van der Waals surface area contributed by atoms with Crippen molar-refractivity contribution in [1.29, 1.82) is 0 Å². The molecule has 12 heteroatoms. The van der Waals surface area contributed by atoms with Crippen LogP contribution in [0.2, 0.25) is 5.02 Å². The van der Waals surface area contributed by atoms with E-state index in [1.807, 2.05) is 12.1 Å². The summed E-state index contributed by atoms with van der Waals surface area (Å²) < 4.78 is 48.3. The molecular weight excluding hydrogens is 549 g/mol. The van der Waals surface area contributed by atoms with Gasteiger partial charge in [0.15, 0.2) is 5.90 Å². The van der Waals surface area contributed by atoms with E-state index in [1.54, 1.807) is 19.2 Å². The summed E-state index contributed by atoms with van der Waals surface area (Å²) in [5.74, 6) is -0.413. The van der Waals surface area contributed by atoms with Crippen LogP contribution in [-0.2, 0) is 16.0 Å². The highest BCUT2D eigenvalue weighted by atomic mass is 35.5. The molecule has 1 unspecified atom stereocenters. The fraction of sp³-hybridized carbons (Fsp3) is 0.393. The van der Waals surface area contributed by atoms with Crippen molar-refractivity contribution in [3.63, 3.8) is 0 Å². The molecule has 2 aromatic rings. The Labute approximate surface area is 236 Å². The molecule has 1 heterocycles. The molecule has 8 nitrogen and oxygen atoms in total. The number of rotatable bonds is 11. The number of carbonyl (C=O) groups excluding carboxylic acids is 2. The highest BCUT2D eigenvalue weighted by molar-refractivity contribution is 6.30. The fourth-order valence-electron chi connectivity index (χ4n) is 4.14. The Hall–Kier alpha value is -3.73. The number of ether oxygens (including phenoxy) is 2. The lowest BCUT2D eigenvalue weighted by Gasteiger charge is -2.19. The summed E-state index contributed by atoms with van der Waals surface area (Å²) in [6.45, 7) is 2.40. The minimum atomic E-state index is -4.84. The van der Waals surface area contributed by atoms with Crippen LogP contribution in [-0.4, -0.2) is 44.2 Å². The number of alkyl halides is 3. The first kappa shape index (κ1) is 30.8. The van der Waals surface area contributed by atoms with Gasteiger partial charge in [0.1, 0.15) is 17.3 Å². The lowest BCUT2D eigenvalue weighted by atomic mass is 9.93. The Bertz CT molecular complexity index is 1230. The lowest BCUT2D eigenvalue weighted by molar-refractivity contribution is -0.274. The van der Waals surface area contributed by atoms with Crippen molar-refractivity contribution in [1.82, 2.24) is 16.0 Å². The van der Waals surface area contributed by atoms with Crippen LogP contribution < -0.4 is 25.4 Å². The van der Waals surface area contributed by atoms with Gasteiger partial charge in [0, 0.05) is 44.1 Å². The summed E-state index contributed by atoms with van der Waals surface area (Å²) in [7, 11) is 1.63. The molecule has 0 spiro atoms. The Morgan fingerprint density at radius 2 is 1.73 bits per heavy atom. The van der Waals surface area contributed by atoms with Crippen LogP contribution in [0.25, 0.3) is 0 Å². The molecule has 216 valence electrons. The average Bonchev–Trinajstić information content (AvgIpc) is 3.05. The Balaban J connectivity index is 1.82. The monoisotopic (exact) mass is 580 g/mol. The van der Waals surface area contributed by atoms with Crippen LogP contribution in [0.5, 0.6) is 11.5 Å². The zero-order valence-electron chi connectivity index (χ0n) is 22.2. The maximum absolute atomic E-state index is 13.1. The van der Waals surface area contributed by atoms with Gasteiger partial charge in [0.25, 0.3) is 5.91 Å². The van der Waals surface area contributed by atoms with Crippen molar-refractivity contribution in [3.05, 3.63) is 70.5 Å². The summed E-state index contributed by atoms with van der Waals surface area (Å²) in [6.07, 6.45) is -2.06. The summed E-state index contributed by atoms with van der Waals surface area (Å²) in [5, 5.41) is 9.17. The third kappa shape index (κ3) is 10.1. The van der Waals surface area contributed by atoms with Crippen molar-refractivity contribution < 1.29 is 32.2 Å². The van der Waals surface area contributed by atoms with Crippen LogP contribution in [0.4, 0.5) is 13.2 Å². The number of hydrogen-bond donors (Lipinski definition) is 3. The van der Waals surface area contributed by atoms with E-state index in [9.17, 15) is 22.8 Å².